The van der Waals surface area contributed by atoms with Gasteiger partial charge in [-0.25, -0.2) is 0 Å². The van der Waals surface area contributed by atoms with Crippen LogP contribution in [-0.4, -0.2) is 35.1 Å². The van der Waals surface area contributed by atoms with Gasteiger partial charge in [-0.2, -0.15) is 0 Å². The van der Waals surface area contributed by atoms with E-state index in [1.54, 1.807) is 12.1 Å². The summed E-state index contributed by atoms with van der Waals surface area (Å²) in [4.78, 5) is 12.3. The maximum Gasteiger partial charge on any atom is 0.269 e. The molecule has 128 valence electrons. The van der Waals surface area contributed by atoms with Gasteiger partial charge in [0, 0.05) is 30.8 Å². The van der Waals surface area contributed by atoms with Gasteiger partial charge in [0.15, 0.2) is 0 Å². The molecule has 0 aliphatic rings. The van der Waals surface area contributed by atoms with E-state index < -0.39 is 11.0 Å². The number of likely N-dealkylation sites (N-methyl/N-ethyl adjacent to an activating group) is 1. The fraction of sp³-hybridized carbons (Fsp3) is 0.333. The summed E-state index contributed by atoms with van der Waals surface area (Å²) >= 11 is 0. The van der Waals surface area contributed by atoms with E-state index in [0.717, 1.165) is 11.3 Å². The van der Waals surface area contributed by atoms with Gasteiger partial charge >= 0.3 is 0 Å². The average Bonchev–Trinajstić information content (AvgIpc) is 2.57. The van der Waals surface area contributed by atoms with Gasteiger partial charge < -0.3 is 9.84 Å². The molecule has 6 nitrogen and oxygen atoms in total. The van der Waals surface area contributed by atoms with Crippen molar-refractivity contribution in [2.24, 2.45) is 0 Å². The van der Waals surface area contributed by atoms with Gasteiger partial charge in [-0.15, -0.1) is 0 Å². The molecule has 24 heavy (non-hydrogen) atoms. The Kier molecular flexibility index (Phi) is 6.28. The molecule has 0 aromatic heterocycles. The van der Waals surface area contributed by atoms with Gasteiger partial charge in [-0.3, -0.25) is 15.0 Å². The second-order valence-electron chi connectivity index (χ2n) is 5.61. The lowest BCUT2D eigenvalue weighted by Gasteiger charge is -2.22. The third-order valence-corrected chi connectivity index (χ3v) is 3.66. The molecule has 2 aromatic rings. The molecule has 2 aromatic carbocycles. The van der Waals surface area contributed by atoms with Crippen molar-refractivity contribution in [3.8, 4) is 5.75 Å². The van der Waals surface area contributed by atoms with Crippen LogP contribution in [0, 0.1) is 10.1 Å². The zero-order chi connectivity index (χ0) is 17.5. The summed E-state index contributed by atoms with van der Waals surface area (Å²) in [5, 5.41) is 21.2. The number of nitro benzene ring substituents is 1. The number of ether oxygens (including phenoxy) is 1. The van der Waals surface area contributed by atoms with E-state index in [9.17, 15) is 15.2 Å². The molecule has 1 unspecified atom stereocenters. The number of hydrogen-bond donors (Lipinski definition) is 1. The third-order valence-electron chi connectivity index (χ3n) is 3.66. The number of hydrogen-bond acceptors (Lipinski definition) is 5. The van der Waals surface area contributed by atoms with E-state index in [1.807, 2.05) is 43.1 Å². The molecule has 0 aliphatic heterocycles. The second-order valence-corrected chi connectivity index (χ2v) is 5.61. The van der Waals surface area contributed by atoms with Crippen LogP contribution in [0.4, 0.5) is 5.69 Å². The summed E-state index contributed by atoms with van der Waals surface area (Å²) < 4.78 is 5.61. The van der Waals surface area contributed by atoms with Crippen molar-refractivity contribution in [1.29, 1.82) is 0 Å². The van der Waals surface area contributed by atoms with E-state index in [0.29, 0.717) is 25.3 Å². The van der Waals surface area contributed by atoms with Crippen LogP contribution in [0.25, 0.3) is 0 Å². The minimum atomic E-state index is -0.797. The van der Waals surface area contributed by atoms with Crippen molar-refractivity contribution in [2.45, 2.75) is 19.6 Å². The summed E-state index contributed by atoms with van der Waals surface area (Å²) in [6.45, 7) is 3.51. The van der Waals surface area contributed by atoms with Gasteiger partial charge in [0.2, 0.25) is 0 Å². The Balaban J connectivity index is 2.03. The van der Waals surface area contributed by atoms with Crippen LogP contribution < -0.4 is 4.74 Å². The lowest BCUT2D eigenvalue weighted by Crippen LogP contribution is -2.24. The van der Waals surface area contributed by atoms with Gasteiger partial charge in [0.05, 0.1) is 17.6 Å². The fourth-order valence-electron chi connectivity index (χ4n) is 2.53. The van der Waals surface area contributed by atoms with Crippen LogP contribution in [-0.2, 0) is 6.54 Å². The molecule has 0 spiro atoms. The first-order valence-corrected chi connectivity index (χ1v) is 7.83. The Morgan fingerprint density at radius 1 is 1.25 bits per heavy atom. The van der Waals surface area contributed by atoms with Crippen molar-refractivity contribution >= 4 is 5.69 Å². The van der Waals surface area contributed by atoms with Crippen LogP contribution in [0.5, 0.6) is 5.75 Å². The highest BCUT2D eigenvalue weighted by molar-refractivity contribution is 5.36. The maximum absolute atomic E-state index is 10.8. The van der Waals surface area contributed by atoms with Crippen LogP contribution >= 0.6 is 0 Å². The number of aliphatic hydroxyl groups excluding tert-OH is 1. The zero-order valence-electron chi connectivity index (χ0n) is 13.9. The van der Waals surface area contributed by atoms with Crippen molar-refractivity contribution in [1.82, 2.24) is 4.90 Å². The summed E-state index contributed by atoms with van der Waals surface area (Å²) in [5.74, 6) is 0.830. The zero-order valence-corrected chi connectivity index (χ0v) is 13.9. The van der Waals surface area contributed by atoms with Crippen molar-refractivity contribution < 1.29 is 14.8 Å². The number of non-ortho nitro benzene ring substituents is 1. The molecule has 0 bridgehead atoms. The topological polar surface area (TPSA) is 75.8 Å². The van der Waals surface area contributed by atoms with Gasteiger partial charge in [-0.1, -0.05) is 30.3 Å². The Hall–Kier alpha value is -2.44. The Morgan fingerprint density at radius 3 is 2.71 bits per heavy atom. The van der Waals surface area contributed by atoms with Crippen molar-refractivity contribution in [2.75, 3.05) is 20.2 Å². The van der Waals surface area contributed by atoms with Crippen LogP contribution in [0.15, 0.2) is 48.5 Å². The Bertz CT molecular complexity index is 690. The molecule has 0 saturated carbocycles. The van der Waals surface area contributed by atoms with E-state index >= 15 is 0 Å². The van der Waals surface area contributed by atoms with E-state index in [1.165, 1.54) is 12.1 Å². The van der Waals surface area contributed by atoms with Crippen molar-refractivity contribution in [3.63, 3.8) is 0 Å². The standard InChI is InChI=1S/C18H22N2O4/c1-3-24-18-10-5-4-7-15(18)12-19(2)13-17(21)14-8-6-9-16(11-14)20(22)23/h4-11,17,21H,3,12-13H2,1-2H3. The summed E-state index contributed by atoms with van der Waals surface area (Å²) in [6.07, 6.45) is -0.797. The lowest BCUT2D eigenvalue weighted by atomic mass is 10.1. The van der Waals surface area contributed by atoms with Crippen molar-refractivity contribution in [3.05, 3.63) is 69.8 Å². The molecule has 0 aliphatic carbocycles. The SMILES string of the molecule is CCOc1ccccc1CN(C)CC(O)c1cccc([N+](=O)[O-])c1. The smallest absolute Gasteiger partial charge is 0.269 e. The van der Waals surface area contributed by atoms with E-state index in [2.05, 4.69) is 0 Å². The highest BCUT2D eigenvalue weighted by Crippen LogP contribution is 2.22. The number of nitrogens with zero attached hydrogens (tertiary/aromatic N) is 2. The number of benzene rings is 2. The highest BCUT2D eigenvalue weighted by atomic mass is 16.6. The van der Waals surface area contributed by atoms with Gasteiger partial charge in [0.1, 0.15) is 5.75 Å². The minimum absolute atomic E-state index is 0.0177. The predicted molar refractivity (Wildman–Crippen MR) is 92.0 cm³/mol. The Labute approximate surface area is 141 Å². The first-order valence-electron chi connectivity index (χ1n) is 7.83. The number of para-hydroxylation sites is 1. The monoisotopic (exact) mass is 330 g/mol. The molecule has 2 rings (SSSR count). The molecule has 1 atom stereocenters. The highest BCUT2D eigenvalue weighted by Gasteiger charge is 2.15. The van der Waals surface area contributed by atoms with Crippen LogP contribution in [0.1, 0.15) is 24.2 Å². The molecule has 1 N–H and O–H groups in total. The molecule has 0 radical (unpaired) electrons. The van der Waals surface area contributed by atoms with E-state index in [-0.39, 0.29) is 5.69 Å². The van der Waals surface area contributed by atoms with E-state index in [4.69, 9.17) is 4.74 Å². The first kappa shape index (κ1) is 17.9. The molecular formula is C18H22N2O4. The molecule has 0 saturated heterocycles. The van der Waals surface area contributed by atoms with Gasteiger partial charge in [0.25, 0.3) is 5.69 Å². The second kappa shape index (κ2) is 8.42. The third kappa shape index (κ3) is 4.78. The normalized spacial score (nSPS) is 12.2. The largest absolute Gasteiger partial charge is 0.494 e. The molecule has 6 heteroatoms. The Morgan fingerprint density at radius 2 is 2.00 bits per heavy atom. The molecule has 0 heterocycles. The molecule has 0 fully saturated rings. The average molecular weight is 330 g/mol. The lowest BCUT2D eigenvalue weighted by molar-refractivity contribution is -0.385. The summed E-state index contributed by atoms with van der Waals surface area (Å²) in [5.41, 5.74) is 1.55. The minimum Gasteiger partial charge on any atom is -0.494 e. The quantitative estimate of drug-likeness (QED) is 0.594. The summed E-state index contributed by atoms with van der Waals surface area (Å²) in [7, 11) is 1.89. The number of aliphatic hydroxyl groups is 1. The molecular weight excluding hydrogens is 308 g/mol. The molecule has 0 amide bonds. The number of nitro groups is 1. The first-order chi connectivity index (χ1) is 11.5. The fourth-order valence-corrected chi connectivity index (χ4v) is 2.53. The van der Waals surface area contributed by atoms with Crippen LogP contribution in [0.2, 0.25) is 0 Å². The predicted octanol–water partition coefficient (Wildman–Crippen LogP) is 3.16. The maximum atomic E-state index is 10.8. The van der Waals surface area contributed by atoms with Crippen LogP contribution in [0.3, 0.4) is 0 Å². The van der Waals surface area contributed by atoms with Gasteiger partial charge in [-0.05, 0) is 25.6 Å². The number of rotatable bonds is 8. The summed E-state index contributed by atoms with van der Waals surface area (Å²) in [6, 6.07) is 13.9.